The van der Waals surface area contributed by atoms with Crippen LogP contribution in [0.5, 0.6) is 0 Å². The lowest BCUT2D eigenvalue weighted by atomic mass is 9.55. The Morgan fingerprint density at radius 1 is 0.793 bits per heavy atom. The van der Waals surface area contributed by atoms with E-state index in [4.69, 9.17) is 0 Å². The zero-order chi connectivity index (χ0) is 19.9. The van der Waals surface area contributed by atoms with E-state index in [2.05, 4.69) is 40.2 Å². The van der Waals surface area contributed by atoms with Crippen molar-refractivity contribution < 1.29 is 9.59 Å². The number of benzene rings is 3. The Morgan fingerprint density at radius 3 is 1.97 bits per heavy atom. The monoisotopic (exact) mass is 443 g/mol. The van der Waals surface area contributed by atoms with Crippen LogP contribution in [0, 0.1) is 18.8 Å². The average molecular weight is 444 g/mol. The molecule has 1 saturated heterocycles. The number of nitrogens with zero attached hydrogens (tertiary/aromatic N) is 1. The van der Waals surface area contributed by atoms with Crippen molar-refractivity contribution in [1.82, 2.24) is 0 Å². The lowest BCUT2D eigenvalue weighted by Gasteiger charge is -2.51. The highest BCUT2D eigenvalue weighted by Gasteiger charge is 2.67. The zero-order valence-corrected chi connectivity index (χ0v) is 17.4. The molecule has 2 atom stereocenters. The fourth-order valence-electron chi connectivity index (χ4n) is 5.73. The second-order valence-electron chi connectivity index (χ2n) is 8.17. The fourth-order valence-corrected chi connectivity index (χ4v) is 6.93. The highest BCUT2D eigenvalue weighted by molar-refractivity contribution is 9.09. The summed E-state index contributed by atoms with van der Waals surface area (Å²) in [5, 5.41) is 0. The summed E-state index contributed by atoms with van der Waals surface area (Å²) in [5.74, 6) is -1.15. The maximum atomic E-state index is 13.8. The molecule has 1 aliphatic heterocycles. The summed E-state index contributed by atoms with van der Waals surface area (Å²) in [6.07, 6.45) is 0. The van der Waals surface area contributed by atoms with E-state index in [1.54, 1.807) is 0 Å². The van der Waals surface area contributed by atoms with E-state index < -0.39 is 16.2 Å². The molecular weight excluding hydrogens is 426 g/mol. The highest BCUT2D eigenvalue weighted by Crippen LogP contribution is 2.66. The number of carbonyl (C=O) groups is 2. The zero-order valence-electron chi connectivity index (χ0n) is 15.8. The van der Waals surface area contributed by atoms with E-state index in [0.717, 1.165) is 27.8 Å². The van der Waals surface area contributed by atoms with Crippen LogP contribution in [0.25, 0.3) is 0 Å². The molecule has 0 spiro atoms. The van der Waals surface area contributed by atoms with Crippen molar-refractivity contribution in [3.63, 3.8) is 0 Å². The molecule has 1 heterocycles. The van der Waals surface area contributed by atoms with E-state index in [0.29, 0.717) is 5.69 Å². The average Bonchev–Trinajstić information content (AvgIpc) is 3.01. The van der Waals surface area contributed by atoms with Crippen molar-refractivity contribution in [3.05, 3.63) is 101 Å². The van der Waals surface area contributed by atoms with Gasteiger partial charge in [0, 0.05) is 5.92 Å². The van der Waals surface area contributed by atoms with Gasteiger partial charge in [-0.1, -0.05) is 82.7 Å². The van der Waals surface area contributed by atoms with Gasteiger partial charge in [0.25, 0.3) is 0 Å². The Hall–Kier alpha value is -2.72. The number of aryl methyl sites for hydroxylation is 1. The minimum absolute atomic E-state index is 0.0906. The molecule has 0 aromatic heterocycles. The molecular formula is C25H18BrNO2. The predicted molar refractivity (Wildman–Crippen MR) is 115 cm³/mol. The van der Waals surface area contributed by atoms with Gasteiger partial charge in [-0.2, -0.15) is 0 Å². The molecule has 0 saturated carbocycles. The maximum Gasteiger partial charge on any atom is 0.239 e. The quantitative estimate of drug-likeness (QED) is 0.396. The summed E-state index contributed by atoms with van der Waals surface area (Å²) in [5.41, 5.74) is 6.14. The number of hydrogen-bond donors (Lipinski definition) is 0. The molecule has 2 amide bonds. The Morgan fingerprint density at radius 2 is 1.34 bits per heavy atom. The van der Waals surface area contributed by atoms with Crippen LogP contribution in [0.2, 0.25) is 0 Å². The molecule has 0 N–H and O–H groups in total. The summed E-state index contributed by atoms with van der Waals surface area (Å²) in [6.45, 7) is 1.94. The van der Waals surface area contributed by atoms with Crippen molar-refractivity contribution >= 4 is 33.4 Å². The normalized spacial score (nSPS) is 28.9. The highest BCUT2D eigenvalue weighted by atomic mass is 79.9. The Balaban J connectivity index is 1.64. The van der Waals surface area contributed by atoms with Crippen LogP contribution in [-0.4, -0.2) is 11.8 Å². The van der Waals surface area contributed by atoms with Gasteiger partial charge >= 0.3 is 0 Å². The molecule has 0 radical (unpaired) electrons. The molecule has 142 valence electrons. The molecule has 0 unspecified atom stereocenters. The van der Waals surface area contributed by atoms with Gasteiger partial charge in [0.2, 0.25) is 11.8 Å². The lowest BCUT2D eigenvalue weighted by molar-refractivity contribution is -0.122. The van der Waals surface area contributed by atoms with Crippen molar-refractivity contribution in [1.29, 1.82) is 0 Å². The number of para-hydroxylation sites is 1. The molecule has 3 nitrogen and oxygen atoms in total. The molecule has 29 heavy (non-hydrogen) atoms. The molecule has 4 aliphatic rings. The van der Waals surface area contributed by atoms with Crippen LogP contribution in [0.4, 0.5) is 5.69 Å². The number of imide groups is 1. The first-order valence-corrected chi connectivity index (χ1v) is 10.7. The Labute approximate surface area is 177 Å². The third-order valence-corrected chi connectivity index (χ3v) is 8.22. The molecule has 7 rings (SSSR count). The minimum atomic E-state index is -0.691. The molecule has 4 heteroatoms. The van der Waals surface area contributed by atoms with Crippen molar-refractivity contribution in [3.8, 4) is 0 Å². The van der Waals surface area contributed by atoms with E-state index >= 15 is 0 Å². The van der Waals surface area contributed by atoms with Gasteiger partial charge in [0.05, 0.1) is 21.8 Å². The topological polar surface area (TPSA) is 37.4 Å². The fraction of sp³-hybridized carbons (Fsp3) is 0.200. The smallest absolute Gasteiger partial charge is 0.239 e. The van der Waals surface area contributed by atoms with Gasteiger partial charge < -0.3 is 0 Å². The lowest BCUT2D eigenvalue weighted by Crippen LogP contribution is -2.50. The third-order valence-electron chi connectivity index (χ3n) is 6.87. The number of halogens is 1. The van der Waals surface area contributed by atoms with Crippen molar-refractivity contribution in [2.45, 2.75) is 17.2 Å². The van der Waals surface area contributed by atoms with E-state index in [9.17, 15) is 9.59 Å². The summed E-state index contributed by atoms with van der Waals surface area (Å²) in [6, 6.07) is 24.1. The summed E-state index contributed by atoms with van der Waals surface area (Å²) in [4.78, 5) is 29.0. The van der Waals surface area contributed by atoms with E-state index in [1.165, 1.54) is 4.90 Å². The van der Waals surface area contributed by atoms with Gasteiger partial charge in [-0.15, -0.1) is 0 Å². The number of anilines is 1. The first kappa shape index (κ1) is 17.2. The van der Waals surface area contributed by atoms with Crippen LogP contribution >= 0.6 is 15.9 Å². The number of rotatable bonds is 1. The third kappa shape index (κ3) is 1.93. The number of alkyl halides is 1. The number of carbonyl (C=O) groups excluding carboxylic acids is 2. The second-order valence-corrected chi connectivity index (χ2v) is 9.42. The standard InChI is InChI=1S/C25H18BrNO2/c1-14-8-2-7-13-19(14)27-23(28)21-20-15-9-3-5-11-17(15)25(26,22(21)24(27)29)18-12-6-4-10-16(18)20/h2-13,20-22H,1H3/t20?,21-,22+,25?/m0/s1. The van der Waals surface area contributed by atoms with Crippen LogP contribution in [0.1, 0.15) is 33.7 Å². The van der Waals surface area contributed by atoms with Crippen molar-refractivity contribution in [2.75, 3.05) is 4.90 Å². The minimum Gasteiger partial charge on any atom is -0.274 e. The number of hydrogen-bond acceptors (Lipinski definition) is 2. The van der Waals surface area contributed by atoms with E-state index in [1.807, 2.05) is 55.5 Å². The largest absolute Gasteiger partial charge is 0.274 e. The Kier molecular flexibility index (Phi) is 3.35. The predicted octanol–water partition coefficient (Wildman–Crippen LogP) is 4.90. The molecule has 3 aromatic rings. The van der Waals surface area contributed by atoms with Gasteiger partial charge in [-0.25, -0.2) is 4.90 Å². The van der Waals surface area contributed by atoms with Crippen LogP contribution in [-0.2, 0) is 13.9 Å². The molecule has 1 fully saturated rings. The van der Waals surface area contributed by atoms with Gasteiger partial charge in [-0.05, 0) is 40.8 Å². The molecule has 3 aromatic carbocycles. The van der Waals surface area contributed by atoms with Crippen LogP contribution in [0.3, 0.4) is 0 Å². The van der Waals surface area contributed by atoms with Crippen LogP contribution in [0.15, 0.2) is 72.8 Å². The van der Waals surface area contributed by atoms with Crippen molar-refractivity contribution in [2.24, 2.45) is 11.8 Å². The summed E-state index contributed by atoms with van der Waals surface area (Å²) >= 11 is 4.02. The Bertz CT molecular complexity index is 1170. The van der Waals surface area contributed by atoms with Gasteiger partial charge in [0.1, 0.15) is 0 Å². The van der Waals surface area contributed by atoms with Gasteiger partial charge in [0.15, 0.2) is 0 Å². The first-order valence-electron chi connectivity index (χ1n) is 9.86. The molecule has 2 bridgehead atoms. The van der Waals surface area contributed by atoms with E-state index in [-0.39, 0.29) is 17.7 Å². The summed E-state index contributed by atoms with van der Waals surface area (Å²) in [7, 11) is 0. The first-order chi connectivity index (χ1) is 14.0. The number of amides is 2. The maximum absolute atomic E-state index is 13.8. The second kappa shape index (κ2) is 5.67. The van der Waals surface area contributed by atoms with Crippen LogP contribution < -0.4 is 4.90 Å². The molecule has 3 aliphatic carbocycles. The SMILES string of the molecule is Cc1ccccc1N1C(=O)[C@H]2C3c4ccccc4C(Br)(c4ccccc43)[C@H]2C1=O. The van der Waals surface area contributed by atoms with Gasteiger partial charge in [-0.3, -0.25) is 9.59 Å². The summed E-state index contributed by atoms with van der Waals surface area (Å²) < 4.78 is -0.691.